The fourth-order valence-electron chi connectivity index (χ4n) is 0.672. The van der Waals surface area contributed by atoms with Gasteiger partial charge in [0, 0.05) is 19.8 Å². The summed E-state index contributed by atoms with van der Waals surface area (Å²) in [5.74, 6) is 0. The summed E-state index contributed by atoms with van der Waals surface area (Å²) in [6.07, 6.45) is 0. The Morgan fingerprint density at radius 3 is 1.33 bits per heavy atom. The van der Waals surface area contributed by atoms with Crippen molar-refractivity contribution in [1.29, 1.82) is 0 Å². The van der Waals surface area contributed by atoms with Crippen molar-refractivity contribution in [3.05, 3.63) is 0 Å². The SMILES string of the molecule is B.CCO[Si](O)(OCC)OCC. The van der Waals surface area contributed by atoms with E-state index in [4.69, 9.17) is 13.3 Å². The quantitative estimate of drug-likeness (QED) is 0.570. The van der Waals surface area contributed by atoms with Gasteiger partial charge in [0.05, 0.1) is 8.41 Å². The zero-order valence-corrected chi connectivity index (χ0v) is 8.29. The summed E-state index contributed by atoms with van der Waals surface area (Å²) >= 11 is 0. The molecule has 0 radical (unpaired) electrons. The molecule has 0 aromatic heterocycles. The van der Waals surface area contributed by atoms with Crippen LogP contribution in [0.15, 0.2) is 0 Å². The lowest BCUT2D eigenvalue weighted by atomic mass is 10.8. The number of hydrogen-bond donors (Lipinski definition) is 1. The molecule has 0 aromatic carbocycles. The predicted octanol–water partition coefficient (Wildman–Crippen LogP) is -0.660. The Kier molecular flexibility index (Phi) is 9.46. The molecule has 0 aromatic rings. The Labute approximate surface area is 76.9 Å². The van der Waals surface area contributed by atoms with Gasteiger partial charge in [-0.3, -0.25) is 0 Å². The Morgan fingerprint density at radius 2 is 1.17 bits per heavy atom. The zero-order valence-electron chi connectivity index (χ0n) is 7.29. The maximum absolute atomic E-state index is 9.48. The van der Waals surface area contributed by atoms with E-state index in [1.807, 2.05) is 0 Å². The van der Waals surface area contributed by atoms with Gasteiger partial charge in [0.15, 0.2) is 0 Å². The largest absolute Gasteiger partial charge is 0.676 e. The molecule has 0 unspecified atom stereocenters. The van der Waals surface area contributed by atoms with Crippen LogP contribution in [0.25, 0.3) is 0 Å². The second kappa shape index (κ2) is 7.75. The summed E-state index contributed by atoms with van der Waals surface area (Å²) in [5, 5.41) is 0. The average Bonchev–Trinajstić information content (AvgIpc) is 1.88. The molecule has 0 bridgehead atoms. The van der Waals surface area contributed by atoms with E-state index in [0.717, 1.165) is 0 Å². The minimum Gasteiger partial charge on any atom is -0.367 e. The normalized spacial score (nSPS) is 11.0. The summed E-state index contributed by atoms with van der Waals surface area (Å²) in [4.78, 5) is 9.48. The third-order valence-corrected chi connectivity index (χ3v) is 2.94. The van der Waals surface area contributed by atoms with Gasteiger partial charge in [-0.1, -0.05) is 0 Å². The van der Waals surface area contributed by atoms with Crippen molar-refractivity contribution in [3.63, 3.8) is 0 Å². The molecule has 0 atom stereocenters. The molecule has 0 aliphatic rings. The van der Waals surface area contributed by atoms with Crippen LogP contribution in [0.1, 0.15) is 20.8 Å². The molecular formula is C6H19BO4Si. The highest BCUT2D eigenvalue weighted by molar-refractivity contribution is 6.51. The van der Waals surface area contributed by atoms with Gasteiger partial charge in [-0.15, -0.1) is 0 Å². The van der Waals surface area contributed by atoms with E-state index in [1.165, 1.54) is 0 Å². The third-order valence-electron chi connectivity index (χ3n) is 0.980. The van der Waals surface area contributed by atoms with Crippen LogP contribution >= 0.6 is 0 Å². The molecule has 0 saturated carbocycles. The molecule has 0 amide bonds. The first kappa shape index (κ1) is 14.6. The van der Waals surface area contributed by atoms with E-state index < -0.39 is 9.05 Å². The topological polar surface area (TPSA) is 47.9 Å². The van der Waals surface area contributed by atoms with Gasteiger partial charge >= 0.3 is 9.05 Å². The standard InChI is InChI=1S/C6H16O4Si.BH3/c1-4-8-11(7,9-5-2)10-6-3;/h7H,4-6H2,1-3H3;1H3. The van der Waals surface area contributed by atoms with Gasteiger partial charge in [0.2, 0.25) is 0 Å². The van der Waals surface area contributed by atoms with Gasteiger partial charge in [-0.25, -0.2) is 0 Å². The van der Waals surface area contributed by atoms with Gasteiger partial charge in [0.25, 0.3) is 0 Å². The molecule has 1 N–H and O–H groups in total. The minimum absolute atomic E-state index is 0. The first-order chi connectivity index (χ1) is 5.18. The van der Waals surface area contributed by atoms with Crippen molar-refractivity contribution in [2.24, 2.45) is 0 Å². The molecule has 6 heteroatoms. The summed E-state index contributed by atoms with van der Waals surface area (Å²) in [6.45, 7) is 6.58. The molecule has 0 fully saturated rings. The van der Waals surface area contributed by atoms with E-state index in [2.05, 4.69) is 0 Å². The van der Waals surface area contributed by atoms with Crippen LogP contribution in [0, 0.1) is 0 Å². The fourth-order valence-corrected chi connectivity index (χ4v) is 2.02. The van der Waals surface area contributed by atoms with Crippen LogP contribution in [-0.4, -0.2) is 42.1 Å². The highest BCUT2D eigenvalue weighted by atomic mass is 28.4. The second-order valence-corrected chi connectivity index (χ2v) is 3.74. The summed E-state index contributed by atoms with van der Waals surface area (Å²) in [7, 11) is -3.25. The van der Waals surface area contributed by atoms with Gasteiger partial charge in [0.1, 0.15) is 0 Å². The first-order valence-corrected chi connectivity index (χ1v) is 5.50. The molecular weight excluding hydrogens is 175 g/mol. The van der Waals surface area contributed by atoms with Crippen molar-refractivity contribution in [2.45, 2.75) is 20.8 Å². The molecule has 0 rings (SSSR count). The highest BCUT2D eigenvalue weighted by Crippen LogP contribution is 2.04. The second-order valence-electron chi connectivity index (χ2n) is 1.82. The van der Waals surface area contributed by atoms with Crippen molar-refractivity contribution in [2.75, 3.05) is 19.8 Å². The lowest BCUT2D eigenvalue weighted by Crippen LogP contribution is -2.46. The molecule has 0 spiro atoms. The lowest BCUT2D eigenvalue weighted by molar-refractivity contribution is 0.00146. The summed E-state index contributed by atoms with van der Waals surface area (Å²) < 4.78 is 14.9. The van der Waals surface area contributed by atoms with Crippen LogP contribution in [0.4, 0.5) is 0 Å². The highest BCUT2D eigenvalue weighted by Gasteiger charge is 2.39. The number of rotatable bonds is 6. The molecule has 12 heavy (non-hydrogen) atoms. The lowest BCUT2D eigenvalue weighted by Gasteiger charge is -2.20. The fraction of sp³-hybridized carbons (Fsp3) is 1.00. The maximum atomic E-state index is 9.48. The van der Waals surface area contributed by atoms with Gasteiger partial charge in [-0.2, -0.15) is 0 Å². The smallest absolute Gasteiger partial charge is 0.367 e. The van der Waals surface area contributed by atoms with E-state index in [0.29, 0.717) is 19.8 Å². The molecule has 0 saturated heterocycles. The average molecular weight is 194 g/mol. The molecule has 4 nitrogen and oxygen atoms in total. The number of hydrogen-bond acceptors (Lipinski definition) is 4. The zero-order chi connectivity index (χ0) is 8.74. The van der Waals surface area contributed by atoms with Gasteiger partial charge < -0.3 is 18.1 Å². The van der Waals surface area contributed by atoms with E-state index >= 15 is 0 Å². The molecule has 0 aliphatic carbocycles. The Hall–Kier alpha value is 0.122. The van der Waals surface area contributed by atoms with Crippen LogP contribution in [0.2, 0.25) is 0 Å². The minimum atomic E-state index is -3.25. The van der Waals surface area contributed by atoms with E-state index in [9.17, 15) is 4.80 Å². The van der Waals surface area contributed by atoms with Crippen LogP contribution < -0.4 is 0 Å². The Bertz CT molecular complexity index is 86.5. The Balaban J connectivity index is 0. The van der Waals surface area contributed by atoms with Crippen molar-refractivity contribution >= 4 is 17.5 Å². The summed E-state index contributed by atoms with van der Waals surface area (Å²) in [5.41, 5.74) is 0. The molecule has 0 heterocycles. The van der Waals surface area contributed by atoms with Crippen molar-refractivity contribution in [1.82, 2.24) is 0 Å². The van der Waals surface area contributed by atoms with Gasteiger partial charge in [-0.05, 0) is 20.8 Å². The molecule has 74 valence electrons. The summed E-state index contributed by atoms with van der Waals surface area (Å²) in [6, 6.07) is 0. The van der Waals surface area contributed by atoms with E-state index in [-0.39, 0.29) is 8.41 Å². The Morgan fingerprint density at radius 1 is 0.917 bits per heavy atom. The monoisotopic (exact) mass is 194 g/mol. The predicted molar refractivity (Wildman–Crippen MR) is 52.8 cm³/mol. The van der Waals surface area contributed by atoms with Crippen LogP contribution in [-0.2, 0) is 13.3 Å². The van der Waals surface area contributed by atoms with E-state index in [1.54, 1.807) is 20.8 Å². The first-order valence-electron chi connectivity index (χ1n) is 3.82. The molecule has 0 aliphatic heterocycles. The third kappa shape index (κ3) is 5.73. The maximum Gasteiger partial charge on any atom is 0.676 e. The van der Waals surface area contributed by atoms with Crippen LogP contribution in [0.3, 0.4) is 0 Å². The van der Waals surface area contributed by atoms with Crippen molar-refractivity contribution in [3.8, 4) is 0 Å². The van der Waals surface area contributed by atoms with Crippen LogP contribution in [0.5, 0.6) is 0 Å². The van der Waals surface area contributed by atoms with Crippen molar-refractivity contribution < 1.29 is 18.1 Å².